The van der Waals surface area contributed by atoms with Crippen molar-refractivity contribution in [3.05, 3.63) is 59.4 Å². The second-order valence-electron chi connectivity index (χ2n) is 5.35. The molecule has 0 amide bonds. The third-order valence-corrected chi connectivity index (χ3v) is 3.49. The van der Waals surface area contributed by atoms with Crippen molar-refractivity contribution in [2.75, 3.05) is 5.32 Å². The van der Waals surface area contributed by atoms with Gasteiger partial charge in [-0.3, -0.25) is 0 Å². The van der Waals surface area contributed by atoms with Crippen LogP contribution in [0.5, 0.6) is 0 Å². The van der Waals surface area contributed by atoms with Gasteiger partial charge in [-0.05, 0) is 37.6 Å². The predicted octanol–water partition coefficient (Wildman–Crippen LogP) is 3.11. The Labute approximate surface area is 129 Å². The maximum Gasteiger partial charge on any atom is 0.193 e. The van der Waals surface area contributed by atoms with Crippen LogP contribution in [0.4, 0.5) is 5.69 Å². The highest BCUT2D eigenvalue weighted by molar-refractivity contribution is 5.92. The number of aliphatic imine (C=N–C) groups is 1. The number of benzene rings is 2. The monoisotopic (exact) mass is 293 g/mol. The Hall–Kier alpha value is -2.82. The molecule has 5 nitrogen and oxygen atoms in total. The molecule has 0 saturated heterocycles. The molecule has 2 aromatic carbocycles. The molecule has 22 heavy (non-hydrogen) atoms. The van der Waals surface area contributed by atoms with Crippen molar-refractivity contribution in [2.24, 2.45) is 10.7 Å². The van der Waals surface area contributed by atoms with Crippen molar-refractivity contribution in [3.63, 3.8) is 0 Å². The summed E-state index contributed by atoms with van der Waals surface area (Å²) in [6.07, 6.45) is 0. The number of anilines is 1. The van der Waals surface area contributed by atoms with E-state index >= 15 is 0 Å². The third-order valence-electron chi connectivity index (χ3n) is 3.49. The molecule has 0 saturated carbocycles. The minimum atomic E-state index is 0.376. The fourth-order valence-electron chi connectivity index (χ4n) is 2.29. The van der Waals surface area contributed by atoms with E-state index in [2.05, 4.69) is 20.3 Å². The first-order chi connectivity index (χ1) is 10.6. The highest BCUT2D eigenvalue weighted by Crippen LogP contribution is 2.15. The summed E-state index contributed by atoms with van der Waals surface area (Å²) in [6, 6.07) is 14.1. The number of guanidine groups is 1. The van der Waals surface area contributed by atoms with E-state index in [1.165, 1.54) is 5.56 Å². The number of aryl methyl sites for hydroxylation is 2. The van der Waals surface area contributed by atoms with E-state index in [9.17, 15) is 0 Å². The zero-order valence-electron chi connectivity index (χ0n) is 12.7. The Balaban J connectivity index is 1.71. The van der Waals surface area contributed by atoms with E-state index in [0.29, 0.717) is 12.5 Å². The molecular weight excluding hydrogens is 274 g/mol. The van der Waals surface area contributed by atoms with Crippen LogP contribution >= 0.6 is 0 Å². The lowest BCUT2D eigenvalue weighted by molar-refractivity contribution is 0.954. The molecule has 5 heteroatoms. The zero-order chi connectivity index (χ0) is 15.5. The van der Waals surface area contributed by atoms with Crippen molar-refractivity contribution in [2.45, 2.75) is 20.4 Å². The molecule has 1 heterocycles. The smallest absolute Gasteiger partial charge is 0.193 e. The van der Waals surface area contributed by atoms with Gasteiger partial charge in [-0.15, -0.1) is 0 Å². The molecule has 112 valence electrons. The van der Waals surface area contributed by atoms with Crippen LogP contribution in [0, 0.1) is 13.8 Å². The van der Waals surface area contributed by atoms with Gasteiger partial charge in [0, 0.05) is 5.69 Å². The average molecular weight is 293 g/mol. The van der Waals surface area contributed by atoms with E-state index in [4.69, 9.17) is 5.73 Å². The van der Waals surface area contributed by atoms with Crippen molar-refractivity contribution < 1.29 is 0 Å². The molecule has 0 unspecified atom stereocenters. The lowest BCUT2D eigenvalue weighted by Crippen LogP contribution is -2.22. The SMILES string of the molecule is Cc1ccc(NC(N)=NCc2nc3c(C)cccc3[nH]2)cc1. The van der Waals surface area contributed by atoms with Crippen molar-refractivity contribution in [1.29, 1.82) is 0 Å². The summed E-state index contributed by atoms with van der Waals surface area (Å²) >= 11 is 0. The van der Waals surface area contributed by atoms with Gasteiger partial charge in [0.15, 0.2) is 5.96 Å². The van der Waals surface area contributed by atoms with E-state index in [1.54, 1.807) is 0 Å². The van der Waals surface area contributed by atoms with E-state index in [1.807, 2.05) is 56.3 Å². The molecule has 0 aliphatic carbocycles. The van der Waals surface area contributed by atoms with Gasteiger partial charge in [0.25, 0.3) is 0 Å². The first-order valence-corrected chi connectivity index (χ1v) is 7.19. The highest BCUT2D eigenvalue weighted by Gasteiger charge is 2.04. The fourth-order valence-corrected chi connectivity index (χ4v) is 2.29. The molecule has 0 aliphatic heterocycles. The summed E-state index contributed by atoms with van der Waals surface area (Å²) in [5.41, 5.74) is 11.2. The van der Waals surface area contributed by atoms with E-state index < -0.39 is 0 Å². The van der Waals surface area contributed by atoms with Gasteiger partial charge in [0.1, 0.15) is 12.4 Å². The fraction of sp³-hybridized carbons (Fsp3) is 0.176. The summed E-state index contributed by atoms with van der Waals surface area (Å²) in [6.45, 7) is 4.51. The van der Waals surface area contributed by atoms with Crippen LogP contribution in [-0.2, 0) is 6.54 Å². The Bertz CT molecular complexity index is 815. The number of nitrogens with one attached hydrogen (secondary N) is 2. The predicted molar refractivity (Wildman–Crippen MR) is 91.0 cm³/mol. The normalized spacial score (nSPS) is 11.8. The number of hydrogen-bond acceptors (Lipinski definition) is 2. The third kappa shape index (κ3) is 3.09. The largest absolute Gasteiger partial charge is 0.370 e. The number of aromatic nitrogens is 2. The summed E-state index contributed by atoms with van der Waals surface area (Å²) in [7, 11) is 0. The molecule has 0 fully saturated rings. The van der Waals surface area contributed by atoms with Gasteiger partial charge in [-0.1, -0.05) is 29.8 Å². The van der Waals surface area contributed by atoms with E-state index in [0.717, 1.165) is 28.1 Å². The number of fused-ring (bicyclic) bond motifs is 1. The molecule has 0 atom stereocenters. The van der Waals surface area contributed by atoms with Crippen LogP contribution < -0.4 is 11.1 Å². The standard InChI is InChI=1S/C17H19N5/c1-11-6-8-13(9-7-11)20-17(18)19-10-15-21-14-5-3-4-12(2)16(14)22-15/h3-9H,10H2,1-2H3,(H,21,22)(H3,18,19,20). The Kier molecular flexibility index (Phi) is 3.78. The van der Waals surface area contributed by atoms with E-state index in [-0.39, 0.29) is 0 Å². The number of nitrogens with zero attached hydrogens (tertiary/aromatic N) is 2. The molecule has 0 aliphatic rings. The maximum absolute atomic E-state index is 5.91. The topological polar surface area (TPSA) is 79.1 Å². The number of rotatable bonds is 3. The van der Waals surface area contributed by atoms with Crippen molar-refractivity contribution in [3.8, 4) is 0 Å². The number of imidazole rings is 1. The Morgan fingerprint density at radius 1 is 1.18 bits per heavy atom. The van der Waals surface area contributed by atoms with Crippen LogP contribution in [-0.4, -0.2) is 15.9 Å². The average Bonchev–Trinajstić information content (AvgIpc) is 2.92. The van der Waals surface area contributed by atoms with Gasteiger partial charge in [-0.2, -0.15) is 0 Å². The Morgan fingerprint density at radius 3 is 2.68 bits per heavy atom. The minimum absolute atomic E-state index is 0.376. The molecular formula is C17H19N5. The molecule has 3 rings (SSSR count). The first kappa shape index (κ1) is 14.1. The van der Waals surface area contributed by atoms with Crippen LogP contribution in [0.2, 0.25) is 0 Å². The van der Waals surface area contributed by atoms with Gasteiger partial charge in [0.05, 0.1) is 11.0 Å². The van der Waals surface area contributed by atoms with Crippen molar-refractivity contribution >= 4 is 22.7 Å². The second-order valence-corrected chi connectivity index (χ2v) is 5.35. The highest BCUT2D eigenvalue weighted by atomic mass is 15.1. The van der Waals surface area contributed by atoms with Crippen LogP contribution in [0.1, 0.15) is 17.0 Å². The van der Waals surface area contributed by atoms with Gasteiger partial charge >= 0.3 is 0 Å². The number of aromatic amines is 1. The number of hydrogen-bond donors (Lipinski definition) is 3. The summed E-state index contributed by atoms with van der Waals surface area (Å²) in [5.74, 6) is 1.18. The lowest BCUT2D eigenvalue weighted by atomic mass is 10.2. The van der Waals surface area contributed by atoms with Gasteiger partial charge in [0.2, 0.25) is 0 Å². The second kappa shape index (κ2) is 5.89. The van der Waals surface area contributed by atoms with Gasteiger partial charge < -0.3 is 16.0 Å². The summed E-state index contributed by atoms with van der Waals surface area (Å²) < 4.78 is 0. The molecule has 0 spiro atoms. The maximum atomic E-state index is 5.91. The van der Waals surface area contributed by atoms with Crippen molar-refractivity contribution in [1.82, 2.24) is 9.97 Å². The van der Waals surface area contributed by atoms with Crippen LogP contribution in [0.25, 0.3) is 11.0 Å². The minimum Gasteiger partial charge on any atom is -0.370 e. The number of H-pyrrole nitrogens is 1. The molecule has 0 radical (unpaired) electrons. The molecule has 3 aromatic rings. The number of nitrogens with two attached hydrogens (primary N) is 1. The Morgan fingerprint density at radius 2 is 1.95 bits per heavy atom. The quantitative estimate of drug-likeness (QED) is 0.513. The lowest BCUT2D eigenvalue weighted by Gasteiger charge is -2.05. The summed E-state index contributed by atoms with van der Waals surface area (Å²) in [5, 5.41) is 3.07. The van der Waals surface area contributed by atoms with Gasteiger partial charge in [-0.25, -0.2) is 9.98 Å². The molecule has 1 aromatic heterocycles. The summed E-state index contributed by atoms with van der Waals surface area (Å²) in [4.78, 5) is 12.1. The molecule has 0 bridgehead atoms. The number of para-hydroxylation sites is 1. The van der Waals surface area contributed by atoms with Crippen LogP contribution in [0.15, 0.2) is 47.5 Å². The molecule has 4 N–H and O–H groups in total. The van der Waals surface area contributed by atoms with Crippen LogP contribution in [0.3, 0.4) is 0 Å². The zero-order valence-corrected chi connectivity index (χ0v) is 12.7. The first-order valence-electron chi connectivity index (χ1n) is 7.19.